The van der Waals surface area contributed by atoms with Gasteiger partial charge < -0.3 is 19.9 Å². The van der Waals surface area contributed by atoms with Gasteiger partial charge in [0, 0.05) is 28.9 Å². The molecule has 2 bridgehead atoms. The molecule has 1 amide bonds. The number of H-pyrrole nitrogens is 1. The summed E-state index contributed by atoms with van der Waals surface area (Å²) in [6.07, 6.45) is 6.96. The fourth-order valence-electron chi connectivity index (χ4n) is 7.31. The van der Waals surface area contributed by atoms with Crippen molar-refractivity contribution in [1.29, 1.82) is 0 Å². The first kappa shape index (κ1) is 26.6. The second kappa shape index (κ2) is 10.1. The second-order valence-electron chi connectivity index (χ2n) is 12.7. The van der Waals surface area contributed by atoms with Crippen molar-refractivity contribution in [3.8, 4) is 11.3 Å². The van der Waals surface area contributed by atoms with Crippen molar-refractivity contribution in [1.82, 2.24) is 14.8 Å². The quantitative estimate of drug-likeness (QED) is 0.365. The van der Waals surface area contributed by atoms with Gasteiger partial charge in [-0.25, -0.2) is 0 Å². The zero-order valence-corrected chi connectivity index (χ0v) is 24.5. The predicted octanol–water partition coefficient (Wildman–Crippen LogP) is 6.28. The number of aromatic amines is 1. The van der Waals surface area contributed by atoms with Crippen LogP contribution in [0.5, 0.6) is 0 Å². The summed E-state index contributed by atoms with van der Waals surface area (Å²) >= 11 is 1.74. The van der Waals surface area contributed by atoms with Gasteiger partial charge in [0.05, 0.1) is 17.0 Å². The average Bonchev–Trinajstić information content (AvgIpc) is 3.67. The smallest absolute Gasteiger partial charge is 0.306 e. The van der Waals surface area contributed by atoms with E-state index in [1.165, 1.54) is 33.3 Å². The molecule has 0 radical (unpaired) electrons. The molecule has 0 unspecified atom stereocenters. The number of piperidine rings is 1. The lowest BCUT2D eigenvalue weighted by molar-refractivity contribution is -0.143. The van der Waals surface area contributed by atoms with E-state index in [1.54, 1.807) is 11.3 Å². The number of carbonyl (C=O) groups is 2. The summed E-state index contributed by atoms with van der Waals surface area (Å²) in [7, 11) is 0. The van der Waals surface area contributed by atoms with E-state index in [1.807, 2.05) is 0 Å². The van der Waals surface area contributed by atoms with E-state index in [4.69, 9.17) is 0 Å². The highest BCUT2D eigenvalue weighted by Crippen LogP contribution is 2.44. The van der Waals surface area contributed by atoms with E-state index in [9.17, 15) is 14.7 Å². The third-order valence-electron chi connectivity index (χ3n) is 9.56. The van der Waals surface area contributed by atoms with Crippen molar-refractivity contribution in [3.63, 3.8) is 0 Å². The van der Waals surface area contributed by atoms with Gasteiger partial charge in [-0.15, -0.1) is 11.3 Å². The van der Waals surface area contributed by atoms with Gasteiger partial charge in [-0.2, -0.15) is 0 Å². The number of nitrogens with zero attached hydrogens (tertiary/aromatic N) is 2. The van der Waals surface area contributed by atoms with Crippen LogP contribution in [0.25, 0.3) is 21.5 Å². The largest absolute Gasteiger partial charge is 0.481 e. The first-order valence-electron chi connectivity index (χ1n) is 14.6. The van der Waals surface area contributed by atoms with Gasteiger partial charge in [0.25, 0.3) is 0 Å². The lowest BCUT2D eigenvalue weighted by Gasteiger charge is -2.31. The molecule has 3 saturated heterocycles. The number of nitrogens with one attached hydrogen (secondary N) is 1. The van der Waals surface area contributed by atoms with Crippen molar-refractivity contribution < 1.29 is 14.7 Å². The van der Waals surface area contributed by atoms with E-state index >= 15 is 0 Å². The first-order chi connectivity index (χ1) is 18.6. The second-order valence-corrected chi connectivity index (χ2v) is 13.8. The maximum absolute atomic E-state index is 13.9. The molecule has 6 nitrogen and oxygen atoms in total. The Morgan fingerprint density at radius 3 is 2.18 bits per heavy atom. The number of aromatic nitrogens is 1. The number of likely N-dealkylation sites (tertiary alicyclic amines) is 1. The standard InChI is InChI=1S/C32H41N3O3S/c1-19-15-20(2)17-22(16-19)28-25(11-14-34-12-9-21(10-13-34)30(36)37)26-18-27(39-29(26)33-28)32(3,4)31(38)35-23-5-6-24(35)8-7-23/h15-18,21,23-24,33H,5-14H2,1-4H3,(H,36,37). The maximum atomic E-state index is 13.9. The Hall–Kier alpha value is -2.64. The molecule has 2 aromatic heterocycles. The number of amides is 1. The molecule has 3 fully saturated rings. The van der Waals surface area contributed by atoms with Gasteiger partial charge in [0.1, 0.15) is 4.83 Å². The van der Waals surface area contributed by atoms with Gasteiger partial charge in [-0.3, -0.25) is 9.59 Å². The van der Waals surface area contributed by atoms with Crippen LogP contribution in [0.4, 0.5) is 0 Å². The van der Waals surface area contributed by atoms with Crippen molar-refractivity contribution in [2.75, 3.05) is 19.6 Å². The monoisotopic (exact) mass is 547 g/mol. The van der Waals surface area contributed by atoms with Crippen LogP contribution in [0.2, 0.25) is 0 Å². The number of aliphatic carboxylic acids is 1. The molecular weight excluding hydrogens is 506 g/mol. The lowest BCUT2D eigenvalue weighted by atomic mass is 9.88. The Bertz CT molecular complexity index is 1370. The molecule has 2 N–H and O–H groups in total. The van der Waals surface area contributed by atoms with Crippen molar-refractivity contribution in [3.05, 3.63) is 45.8 Å². The highest BCUT2D eigenvalue weighted by Gasteiger charge is 2.47. The zero-order valence-electron chi connectivity index (χ0n) is 23.7. The summed E-state index contributed by atoms with van der Waals surface area (Å²) in [4.78, 5) is 35.9. The molecule has 0 saturated carbocycles. The van der Waals surface area contributed by atoms with Crippen LogP contribution in [-0.2, 0) is 21.4 Å². The van der Waals surface area contributed by atoms with Crippen molar-refractivity contribution >= 4 is 33.4 Å². The third-order valence-corrected chi connectivity index (χ3v) is 10.9. The van der Waals surface area contributed by atoms with E-state index < -0.39 is 11.4 Å². The minimum absolute atomic E-state index is 0.212. The molecule has 7 heteroatoms. The van der Waals surface area contributed by atoms with Gasteiger partial charge in [0.15, 0.2) is 0 Å². The molecule has 0 spiro atoms. The number of aryl methyl sites for hydroxylation is 2. The number of carbonyl (C=O) groups excluding carboxylic acids is 1. The molecular formula is C32H41N3O3S. The topological polar surface area (TPSA) is 76.6 Å². The molecule has 3 aromatic rings. The highest BCUT2D eigenvalue weighted by molar-refractivity contribution is 7.19. The van der Waals surface area contributed by atoms with Crippen LogP contribution in [-0.4, -0.2) is 63.5 Å². The first-order valence-corrected chi connectivity index (χ1v) is 15.4. The normalized spacial score (nSPS) is 22.3. The van der Waals surface area contributed by atoms with E-state index in [0.29, 0.717) is 12.1 Å². The predicted molar refractivity (Wildman–Crippen MR) is 158 cm³/mol. The molecule has 1 aromatic carbocycles. The Labute approximate surface area is 235 Å². The minimum Gasteiger partial charge on any atom is -0.481 e. The van der Waals surface area contributed by atoms with Crippen molar-refractivity contribution in [2.45, 2.75) is 90.1 Å². The molecule has 3 aliphatic heterocycles. The molecule has 3 aliphatic rings. The van der Waals surface area contributed by atoms with Crippen LogP contribution < -0.4 is 0 Å². The van der Waals surface area contributed by atoms with E-state index in [-0.39, 0.29) is 11.8 Å². The van der Waals surface area contributed by atoms with Gasteiger partial charge in [-0.1, -0.05) is 17.2 Å². The Balaban J connectivity index is 1.32. The number of rotatable bonds is 7. The molecule has 39 heavy (non-hydrogen) atoms. The fraction of sp³-hybridized carbons (Fsp3) is 0.562. The SMILES string of the molecule is Cc1cc(C)cc(-c2[nH]c3sc(C(C)(C)C(=O)N4C5CCC4CC5)cc3c2CCN2CCC(C(=O)O)CC2)c1. The van der Waals surface area contributed by atoms with Crippen molar-refractivity contribution in [2.24, 2.45) is 5.92 Å². The molecule has 6 rings (SSSR count). The van der Waals surface area contributed by atoms with Crippen LogP contribution >= 0.6 is 11.3 Å². The molecule has 0 atom stereocenters. The number of thiophene rings is 1. The summed E-state index contributed by atoms with van der Waals surface area (Å²) in [6, 6.07) is 9.86. The number of benzene rings is 1. The number of fused-ring (bicyclic) bond motifs is 3. The molecule has 5 heterocycles. The Kier molecular flexibility index (Phi) is 6.87. The summed E-state index contributed by atoms with van der Waals surface area (Å²) in [6.45, 7) is 11.1. The fourth-order valence-corrected chi connectivity index (χ4v) is 8.50. The van der Waals surface area contributed by atoms with Crippen LogP contribution in [0.3, 0.4) is 0 Å². The number of carboxylic acids is 1. The summed E-state index contributed by atoms with van der Waals surface area (Å²) in [5.74, 6) is -0.589. The third kappa shape index (κ3) is 4.82. The van der Waals surface area contributed by atoms with Crippen LogP contribution in [0.1, 0.15) is 73.9 Å². The number of carboxylic acid groups (broad SMARTS) is 1. The highest BCUT2D eigenvalue weighted by atomic mass is 32.1. The number of hydrogen-bond donors (Lipinski definition) is 2. The minimum atomic E-state index is -0.663. The van der Waals surface area contributed by atoms with Crippen LogP contribution in [0, 0.1) is 19.8 Å². The van der Waals surface area contributed by atoms with Gasteiger partial charge >= 0.3 is 5.97 Å². The Morgan fingerprint density at radius 1 is 0.974 bits per heavy atom. The summed E-state index contributed by atoms with van der Waals surface area (Å²) in [5, 5.41) is 10.6. The van der Waals surface area contributed by atoms with E-state index in [2.05, 4.69) is 66.7 Å². The van der Waals surface area contributed by atoms with Crippen LogP contribution in [0.15, 0.2) is 24.3 Å². The molecule has 0 aliphatic carbocycles. The maximum Gasteiger partial charge on any atom is 0.306 e. The molecule has 208 valence electrons. The van der Waals surface area contributed by atoms with Gasteiger partial charge in [-0.05, 0) is 115 Å². The van der Waals surface area contributed by atoms with Gasteiger partial charge in [0.2, 0.25) is 5.91 Å². The summed E-state index contributed by atoms with van der Waals surface area (Å²) < 4.78 is 0. The zero-order chi connectivity index (χ0) is 27.5. The average molecular weight is 548 g/mol. The lowest BCUT2D eigenvalue weighted by Crippen LogP contribution is -2.45. The number of hydrogen-bond acceptors (Lipinski definition) is 4. The van der Waals surface area contributed by atoms with E-state index in [0.717, 1.165) is 74.3 Å². The summed E-state index contributed by atoms with van der Waals surface area (Å²) in [5.41, 5.74) is 5.64. The Morgan fingerprint density at radius 2 is 1.59 bits per heavy atom.